The quantitative estimate of drug-likeness (QED) is 0.255. The van der Waals surface area contributed by atoms with Gasteiger partial charge in [0.05, 0.1) is 0 Å². The Labute approximate surface area is 122 Å². The van der Waals surface area contributed by atoms with Gasteiger partial charge in [0.15, 0.2) is 0 Å². The minimum atomic E-state index is -0.0462. The van der Waals surface area contributed by atoms with Crippen molar-refractivity contribution >= 4 is 18.5 Å². The lowest BCUT2D eigenvalue weighted by atomic mass is 10.1. The molecule has 0 heterocycles. The van der Waals surface area contributed by atoms with Crippen LogP contribution in [0.1, 0.15) is 90.9 Å². The molecule has 0 spiro atoms. The molecule has 0 saturated carbocycles. The topological polar surface area (TPSA) is 0 Å². The first kappa shape index (κ1) is 18.5. The van der Waals surface area contributed by atoms with E-state index in [1.807, 2.05) is 0 Å². The zero-order valence-corrected chi connectivity index (χ0v) is 14.5. The van der Waals surface area contributed by atoms with Crippen molar-refractivity contribution in [2.75, 3.05) is 12.3 Å². The Balaban J connectivity index is 3.12. The molecule has 109 valence electrons. The summed E-state index contributed by atoms with van der Waals surface area (Å²) in [7, 11) is 0. The molecule has 0 N–H and O–H groups in total. The van der Waals surface area contributed by atoms with Crippen molar-refractivity contribution in [2.24, 2.45) is 0 Å². The van der Waals surface area contributed by atoms with Crippen LogP contribution in [-0.2, 0) is 11.8 Å². The highest BCUT2D eigenvalue weighted by molar-refractivity contribution is 8.05. The number of hydrogen-bond donors (Lipinski definition) is 0. The summed E-state index contributed by atoms with van der Waals surface area (Å²) >= 11 is 5.60. The Morgan fingerprint density at radius 1 is 0.556 bits per heavy atom. The van der Waals surface area contributed by atoms with Crippen molar-refractivity contribution in [3.63, 3.8) is 0 Å². The van der Waals surface area contributed by atoms with Crippen molar-refractivity contribution in [1.82, 2.24) is 0 Å². The van der Waals surface area contributed by atoms with Crippen molar-refractivity contribution in [1.29, 1.82) is 0 Å². The summed E-state index contributed by atoms with van der Waals surface area (Å²) in [5, 5.41) is 0. The molecule has 0 bridgehead atoms. The van der Waals surface area contributed by atoms with E-state index in [2.05, 4.69) is 13.8 Å². The second-order valence-corrected chi connectivity index (χ2v) is 8.87. The van der Waals surface area contributed by atoms with Crippen molar-refractivity contribution in [3.8, 4) is 0 Å². The Morgan fingerprint density at radius 2 is 0.889 bits per heavy atom. The average Bonchev–Trinajstić information content (AvgIpc) is 2.38. The average molecular weight is 289 g/mol. The first-order valence-corrected chi connectivity index (χ1v) is 11.0. The van der Waals surface area contributed by atoms with E-state index in [1.165, 1.54) is 89.4 Å². The second-order valence-electron chi connectivity index (χ2n) is 5.46. The lowest BCUT2D eigenvalue weighted by molar-refractivity contribution is 0.623. The van der Waals surface area contributed by atoms with Crippen LogP contribution in [0.4, 0.5) is 0 Å². The fourth-order valence-electron chi connectivity index (χ4n) is 2.25. The third-order valence-electron chi connectivity index (χ3n) is 3.52. The molecule has 0 atom stereocenters. The molecule has 0 saturated heterocycles. The van der Waals surface area contributed by atoms with Gasteiger partial charge < -0.3 is 0 Å². The largest absolute Gasteiger partial charge is 0.0809 e. The van der Waals surface area contributed by atoms with Gasteiger partial charge in [-0.05, 0) is 25.2 Å². The molecular weight excluding hydrogens is 255 g/mol. The predicted molar refractivity (Wildman–Crippen MR) is 90.8 cm³/mol. The highest BCUT2D eigenvalue weighted by Gasteiger charge is 1.97. The van der Waals surface area contributed by atoms with Crippen LogP contribution in [-0.4, -0.2) is 12.3 Å². The molecule has 0 aliphatic carbocycles. The fourth-order valence-corrected chi connectivity index (χ4v) is 4.40. The smallest absolute Gasteiger partial charge is 0.00805 e. The van der Waals surface area contributed by atoms with Gasteiger partial charge in [0.1, 0.15) is 0 Å². The summed E-state index contributed by atoms with van der Waals surface area (Å²) < 4.78 is 0. The Morgan fingerprint density at radius 3 is 1.28 bits per heavy atom. The van der Waals surface area contributed by atoms with Crippen molar-refractivity contribution < 1.29 is 0 Å². The minimum absolute atomic E-state index is 0.0462. The van der Waals surface area contributed by atoms with E-state index in [4.69, 9.17) is 11.8 Å². The van der Waals surface area contributed by atoms with Crippen LogP contribution >= 0.6 is 6.70 Å². The number of rotatable bonds is 14. The van der Waals surface area contributed by atoms with Crippen LogP contribution in [0, 0.1) is 0 Å². The van der Waals surface area contributed by atoms with E-state index in [1.54, 1.807) is 0 Å². The van der Waals surface area contributed by atoms with Gasteiger partial charge in [0, 0.05) is 0 Å². The van der Waals surface area contributed by atoms with Gasteiger partial charge in [-0.1, -0.05) is 96.6 Å². The van der Waals surface area contributed by atoms with Gasteiger partial charge in [-0.15, -0.1) is 0 Å². The first-order chi connectivity index (χ1) is 8.81. The number of unbranched alkanes of at least 4 members (excludes halogenated alkanes) is 10. The molecule has 0 unspecified atom stereocenters. The summed E-state index contributed by atoms with van der Waals surface area (Å²) in [6.45, 7) is 4.52. The number of hydrogen-bond acceptors (Lipinski definition) is 1. The summed E-state index contributed by atoms with van der Waals surface area (Å²) in [6, 6.07) is 0. The second kappa shape index (κ2) is 15.6. The van der Waals surface area contributed by atoms with E-state index in [0.717, 1.165) is 0 Å². The molecule has 1 radical (unpaired) electrons. The molecule has 0 amide bonds. The summed E-state index contributed by atoms with van der Waals surface area (Å²) in [4.78, 5) is 0. The molecule has 0 aliphatic heterocycles. The normalized spacial score (nSPS) is 10.8. The van der Waals surface area contributed by atoms with Crippen molar-refractivity contribution in [2.45, 2.75) is 90.9 Å². The van der Waals surface area contributed by atoms with Crippen LogP contribution in [0.5, 0.6) is 0 Å². The van der Waals surface area contributed by atoms with Gasteiger partial charge >= 0.3 is 0 Å². The fraction of sp³-hybridized carbons (Fsp3) is 1.00. The van der Waals surface area contributed by atoms with E-state index >= 15 is 0 Å². The summed E-state index contributed by atoms with van der Waals surface area (Å²) in [5.74, 6) is 0. The molecule has 2 heteroatoms. The lowest BCUT2D eigenvalue weighted by Gasteiger charge is -2.05. The third kappa shape index (κ3) is 14.6. The SMILES string of the molecule is CCCCCCCC[P](=S)CCCCCCCC. The van der Waals surface area contributed by atoms with Crippen LogP contribution in [0.15, 0.2) is 0 Å². The van der Waals surface area contributed by atoms with Gasteiger partial charge in [0.25, 0.3) is 0 Å². The van der Waals surface area contributed by atoms with Gasteiger partial charge in [-0.3, -0.25) is 0 Å². The molecule has 0 nitrogen and oxygen atoms in total. The standard InChI is InChI=1S/C16H34PS/c1-3-5-7-9-11-13-15-17(18)16-14-12-10-8-6-4-2/h3-16H2,1-2H3. The van der Waals surface area contributed by atoms with E-state index in [9.17, 15) is 0 Å². The van der Waals surface area contributed by atoms with Crippen LogP contribution in [0.2, 0.25) is 0 Å². The van der Waals surface area contributed by atoms with Crippen LogP contribution in [0.25, 0.3) is 0 Å². The Hall–Kier alpha value is 0.520. The molecule has 0 aromatic carbocycles. The van der Waals surface area contributed by atoms with Crippen LogP contribution < -0.4 is 0 Å². The molecule has 0 rings (SSSR count). The Bertz CT molecular complexity index is 162. The van der Waals surface area contributed by atoms with E-state index < -0.39 is 0 Å². The highest BCUT2D eigenvalue weighted by Crippen LogP contribution is 2.25. The molecule has 0 aromatic rings. The lowest BCUT2D eigenvalue weighted by Crippen LogP contribution is -1.87. The first-order valence-electron chi connectivity index (χ1n) is 8.23. The monoisotopic (exact) mass is 289 g/mol. The Kier molecular flexibility index (Phi) is 16.0. The zero-order chi connectivity index (χ0) is 13.5. The molecule has 18 heavy (non-hydrogen) atoms. The highest BCUT2D eigenvalue weighted by atomic mass is 32.4. The van der Waals surface area contributed by atoms with Crippen LogP contribution in [0.3, 0.4) is 0 Å². The van der Waals surface area contributed by atoms with E-state index in [0.29, 0.717) is 0 Å². The summed E-state index contributed by atoms with van der Waals surface area (Å²) in [5.41, 5.74) is 0. The molecular formula is C16H34PS. The zero-order valence-electron chi connectivity index (χ0n) is 12.8. The maximum atomic E-state index is 5.60. The molecule has 0 fully saturated rings. The molecule has 0 aliphatic rings. The predicted octanol–water partition coefficient (Wildman–Crippen LogP) is 6.65. The van der Waals surface area contributed by atoms with E-state index in [-0.39, 0.29) is 6.70 Å². The van der Waals surface area contributed by atoms with Gasteiger partial charge in [-0.2, -0.15) is 0 Å². The van der Waals surface area contributed by atoms with Gasteiger partial charge in [0.2, 0.25) is 0 Å². The maximum absolute atomic E-state index is 5.60. The maximum Gasteiger partial charge on any atom is -0.00805 e. The third-order valence-corrected chi connectivity index (χ3v) is 6.25. The molecule has 0 aromatic heterocycles. The minimum Gasteiger partial charge on any atom is -0.0809 e. The van der Waals surface area contributed by atoms with Gasteiger partial charge in [-0.25, -0.2) is 0 Å². The summed E-state index contributed by atoms with van der Waals surface area (Å²) in [6.07, 6.45) is 19.6. The van der Waals surface area contributed by atoms with Crippen molar-refractivity contribution in [3.05, 3.63) is 0 Å².